The van der Waals surface area contributed by atoms with E-state index in [4.69, 9.17) is 10.5 Å². The maximum atomic E-state index is 10.2. The number of aromatic nitrogens is 4. The Morgan fingerprint density at radius 2 is 2.09 bits per heavy atom. The van der Waals surface area contributed by atoms with Crippen molar-refractivity contribution in [2.75, 3.05) is 12.3 Å². The van der Waals surface area contributed by atoms with Gasteiger partial charge in [0, 0.05) is 5.25 Å². The van der Waals surface area contributed by atoms with E-state index in [9.17, 15) is 15.3 Å². The lowest BCUT2D eigenvalue weighted by Gasteiger charge is -2.15. The second-order valence-electron chi connectivity index (χ2n) is 5.60. The minimum Gasteiger partial charge on any atom is -0.394 e. The number of hydrogen-bond donors (Lipinski definition) is 4. The van der Waals surface area contributed by atoms with Crippen LogP contribution < -0.4 is 5.73 Å². The van der Waals surface area contributed by atoms with Gasteiger partial charge in [-0.1, -0.05) is 13.8 Å². The molecule has 0 saturated carbocycles. The first-order valence-corrected chi connectivity index (χ1v) is 8.09. The third-order valence-corrected chi connectivity index (χ3v) is 4.57. The summed E-state index contributed by atoms with van der Waals surface area (Å²) < 4.78 is 6.92. The van der Waals surface area contributed by atoms with Crippen LogP contribution in [-0.4, -0.2) is 65.2 Å². The van der Waals surface area contributed by atoms with Crippen LogP contribution in [0.2, 0.25) is 0 Å². The summed E-state index contributed by atoms with van der Waals surface area (Å²) in [5.41, 5.74) is 6.36. The molecule has 23 heavy (non-hydrogen) atoms. The van der Waals surface area contributed by atoms with Gasteiger partial charge >= 0.3 is 0 Å². The van der Waals surface area contributed by atoms with E-state index >= 15 is 0 Å². The smallest absolute Gasteiger partial charge is 0.181 e. The highest BCUT2D eigenvalue weighted by Crippen LogP contribution is 2.36. The van der Waals surface area contributed by atoms with Crippen LogP contribution in [0.5, 0.6) is 0 Å². The third kappa shape index (κ3) is 2.76. The quantitative estimate of drug-likeness (QED) is 0.543. The van der Waals surface area contributed by atoms with E-state index in [-0.39, 0.29) is 11.1 Å². The molecule has 1 saturated heterocycles. The van der Waals surface area contributed by atoms with Crippen LogP contribution in [-0.2, 0) is 4.74 Å². The van der Waals surface area contributed by atoms with Crippen molar-refractivity contribution in [1.29, 1.82) is 0 Å². The van der Waals surface area contributed by atoms with Gasteiger partial charge in [-0.2, -0.15) is 5.10 Å². The summed E-state index contributed by atoms with van der Waals surface area (Å²) in [6, 6.07) is 0. The molecule has 1 fully saturated rings. The Labute approximate surface area is 136 Å². The van der Waals surface area contributed by atoms with E-state index in [2.05, 4.69) is 15.1 Å². The van der Waals surface area contributed by atoms with Crippen LogP contribution in [0.3, 0.4) is 0 Å². The fourth-order valence-corrected chi connectivity index (χ4v) is 3.42. The summed E-state index contributed by atoms with van der Waals surface area (Å²) in [5, 5.41) is 35.3. The standard InChI is InChI=1S/C13H19N5O4S/c1-5(2)23-12-7-10(14)15-4-16-11(7)18(17-12)13-9(21)8(20)6(3-19)22-13/h4-6,8-9,13,19-21H,3H2,1-2H3,(H2,14,15,16)/t6-,8?,9-,13-/m1/s1. The number of thioether (sulfide) groups is 1. The highest BCUT2D eigenvalue weighted by molar-refractivity contribution is 8.00. The second-order valence-corrected chi connectivity index (χ2v) is 7.17. The van der Waals surface area contributed by atoms with Gasteiger partial charge in [0.1, 0.15) is 35.5 Å². The summed E-state index contributed by atoms with van der Waals surface area (Å²) in [4.78, 5) is 8.17. The zero-order chi connectivity index (χ0) is 16.7. The van der Waals surface area contributed by atoms with Crippen molar-refractivity contribution >= 4 is 28.6 Å². The molecule has 3 rings (SSSR count). The van der Waals surface area contributed by atoms with Crippen molar-refractivity contribution in [2.45, 2.75) is 48.7 Å². The van der Waals surface area contributed by atoms with Crippen molar-refractivity contribution in [3.8, 4) is 0 Å². The Balaban J connectivity index is 2.10. The van der Waals surface area contributed by atoms with Crippen molar-refractivity contribution in [3.05, 3.63) is 6.33 Å². The largest absolute Gasteiger partial charge is 0.394 e. The minimum absolute atomic E-state index is 0.256. The van der Waals surface area contributed by atoms with Gasteiger partial charge in [0.2, 0.25) is 0 Å². The number of aliphatic hydroxyl groups is 3. The predicted molar refractivity (Wildman–Crippen MR) is 83.7 cm³/mol. The lowest BCUT2D eigenvalue weighted by atomic mass is 10.1. The summed E-state index contributed by atoms with van der Waals surface area (Å²) in [5.74, 6) is 0.288. The number of nitrogen functional groups attached to an aromatic ring is 1. The topological polar surface area (TPSA) is 140 Å². The lowest BCUT2D eigenvalue weighted by molar-refractivity contribution is -0.0571. The number of rotatable bonds is 4. The molecule has 1 aliphatic heterocycles. The number of nitrogens with two attached hydrogens (primary N) is 1. The summed E-state index contributed by atoms with van der Waals surface area (Å²) >= 11 is 1.49. The van der Waals surface area contributed by atoms with Crippen LogP contribution in [0, 0.1) is 0 Å². The normalized spacial score (nSPS) is 28.1. The molecule has 4 atom stereocenters. The molecule has 3 heterocycles. The average Bonchev–Trinajstić information content (AvgIpc) is 2.99. The van der Waals surface area contributed by atoms with Crippen molar-refractivity contribution in [2.24, 2.45) is 0 Å². The van der Waals surface area contributed by atoms with Crippen molar-refractivity contribution in [1.82, 2.24) is 19.7 Å². The molecule has 0 aliphatic carbocycles. The maximum Gasteiger partial charge on any atom is 0.181 e. The van der Waals surface area contributed by atoms with E-state index in [0.29, 0.717) is 16.1 Å². The van der Waals surface area contributed by atoms with Crippen molar-refractivity contribution < 1.29 is 20.1 Å². The molecular weight excluding hydrogens is 322 g/mol. The molecule has 0 amide bonds. The average molecular weight is 341 g/mol. The van der Waals surface area contributed by atoms with Crippen LogP contribution >= 0.6 is 11.8 Å². The second kappa shape index (κ2) is 6.21. The molecule has 2 aromatic heterocycles. The van der Waals surface area contributed by atoms with Gasteiger partial charge in [-0.05, 0) is 0 Å². The highest BCUT2D eigenvalue weighted by Gasteiger charge is 2.44. The van der Waals surface area contributed by atoms with Crippen LogP contribution in [0.15, 0.2) is 11.4 Å². The predicted octanol–water partition coefficient (Wildman–Crippen LogP) is -0.480. The molecule has 1 unspecified atom stereocenters. The SMILES string of the molecule is CC(C)Sc1nn([C@@H]2O[C@H](CO)C(O)[C@H]2O)c2ncnc(N)c12. The van der Waals surface area contributed by atoms with Gasteiger partial charge in [-0.25, -0.2) is 14.6 Å². The number of aliphatic hydroxyl groups excluding tert-OH is 3. The summed E-state index contributed by atoms with van der Waals surface area (Å²) in [7, 11) is 0. The van der Waals surface area contributed by atoms with Gasteiger partial charge in [-0.15, -0.1) is 11.8 Å². The Morgan fingerprint density at radius 1 is 1.35 bits per heavy atom. The number of nitrogens with zero attached hydrogens (tertiary/aromatic N) is 4. The number of anilines is 1. The van der Waals surface area contributed by atoms with Crippen LogP contribution in [0.25, 0.3) is 11.0 Å². The Morgan fingerprint density at radius 3 is 2.70 bits per heavy atom. The lowest BCUT2D eigenvalue weighted by Crippen LogP contribution is -2.33. The Kier molecular flexibility index (Phi) is 4.43. The summed E-state index contributed by atoms with van der Waals surface area (Å²) in [6.45, 7) is 3.63. The minimum atomic E-state index is -1.23. The van der Waals surface area contributed by atoms with Gasteiger partial charge in [0.05, 0.1) is 12.0 Å². The highest BCUT2D eigenvalue weighted by atomic mass is 32.2. The van der Waals surface area contributed by atoms with E-state index in [1.165, 1.54) is 22.8 Å². The molecule has 5 N–H and O–H groups in total. The first-order valence-electron chi connectivity index (χ1n) is 7.21. The van der Waals surface area contributed by atoms with Gasteiger partial charge in [0.25, 0.3) is 0 Å². The molecule has 2 aromatic rings. The molecular formula is C13H19N5O4S. The third-order valence-electron chi connectivity index (χ3n) is 3.59. The molecule has 126 valence electrons. The zero-order valence-electron chi connectivity index (χ0n) is 12.7. The molecule has 0 spiro atoms. The van der Waals surface area contributed by atoms with Crippen LogP contribution in [0.4, 0.5) is 5.82 Å². The first kappa shape index (κ1) is 16.4. The Bertz CT molecular complexity index is 709. The molecule has 0 bridgehead atoms. The van der Waals surface area contributed by atoms with E-state index in [1.54, 1.807) is 0 Å². The fourth-order valence-electron chi connectivity index (χ4n) is 2.53. The number of fused-ring (bicyclic) bond motifs is 1. The maximum absolute atomic E-state index is 10.2. The number of ether oxygens (including phenoxy) is 1. The van der Waals surface area contributed by atoms with Gasteiger partial charge in [-0.3, -0.25) is 0 Å². The fraction of sp³-hybridized carbons (Fsp3) is 0.615. The first-order chi connectivity index (χ1) is 10.9. The molecule has 0 aromatic carbocycles. The number of hydrogen-bond acceptors (Lipinski definition) is 9. The monoisotopic (exact) mass is 341 g/mol. The van der Waals surface area contributed by atoms with E-state index in [0.717, 1.165) is 0 Å². The summed E-state index contributed by atoms with van der Waals surface area (Å²) in [6.07, 6.45) is -2.97. The Hall–Kier alpha value is -1.46. The van der Waals surface area contributed by atoms with E-state index < -0.39 is 31.1 Å². The molecule has 9 nitrogen and oxygen atoms in total. The molecule has 1 aliphatic rings. The van der Waals surface area contributed by atoms with Crippen LogP contribution in [0.1, 0.15) is 20.1 Å². The molecule has 0 radical (unpaired) electrons. The van der Waals surface area contributed by atoms with Gasteiger partial charge in [0.15, 0.2) is 11.9 Å². The molecule has 10 heteroatoms. The van der Waals surface area contributed by atoms with Gasteiger partial charge < -0.3 is 25.8 Å². The van der Waals surface area contributed by atoms with Crippen molar-refractivity contribution in [3.63, 3.8) is 0 Å². The van der Waals surface area contributed by atoms with E-state index in [1.807, 2.05) is 13.8 Å². The zero-order valence-corrected chi connectivity index (χ0v) is 13.5.